The molecule has 0 aliphatic carbocycles. The Bertz CT molecular complexity index is 570. The van der Waals surface area contributed by atoms with Crippen LogP contribution in [-0.2, 0) is 6.42 Å². The Kier molecular flexibility index (Phi) is 7.06. The van der Waals surface area contributed by atoms with Crippen molar-refractivity contribution in [3.8, 4) is 0 Å². The molecule has 0 radical (unpaired) electrons. The number of aromatic nitrogens is 1. The van der Waals surface area contributed by atoms with Crippen molar-refractivity contribution in [3.63, 3.8) is 0 Å². The summed E-state index contributed by atoms with van der Waals surface area (Å²) in [5, 5.41) is 9.61. The number of likely N-dealkylation sites (tertiary alicyclic amines) is 1. The van der Waals surface area contributed by atoms with E-state index < -0.39 is 12.7 Å². The van der Waals surface area contributed by atoms with E-state index in [-0.39, 0.29) is 6.04 Å². The first-order valence-electron chi connectivity index (χ1n) is 8.47. The molecule has 142 valence electrons. The van der Waals surface area contributed by atoms with Crippen LogP contribution in [0.15, 0.2) is 10.4 Å². The molecule has 1 fully saturated rings. The summed E-state index contributed by atoms with van der Waals surface area (Å²) in [6, 6.07) is -0.0135. The first-order chi connectivity index (χ1) is 11.8. The maximum absolute atomic E-state index is 12.4. The number of guanidine groups is 1. The van der Waals surface area contributed by atoms with Crippen LogP contribution in [0.2, 0.25) is 0 Å². The van der Waals surface area contributed by atoms with Crippen LogP contribution in [0.3, 0.4) is 0 Å². The van der Waals surface area contributed by atoms with E-state index in [0.29, 0.717) is 37.9 Å². The van der Waals surface area contributed by atoms with Crippen molar-refractivity contribution in [1.29, 1.82) is 0 Å². The number of thiazole rings is 1. The van der Waals surface area contributed by atoms with Crippen LogP contribution in [0.4, 0.5) is 13.2 Å². The lowest BCUT2D eigenvalue weighted by Crippen LogP contribution is -2.45. The highest BCUT2D eigenvalue weighted by Gasteiger charge is 2.34. The molecule has 0 spiro atoms. The maximum Gasteiger partial charge on any atom is 0.401 e. The highest BCUT2D eigenvalue weighted by molar-refractivity contribution is 7.09. The monoisotopic (exact) mass is 377 g/mol. The lowest BCUT2D eigenvalue weighted by atomic mass is 10.2. The van der Waals surface area contributed by atoms with E-state index in [0.717, 1.165) is 17.1 Å². The van der Waals surface area contributed by atoms with Crippen LogP contribution in [0.25, 0.3) is 0 Å². The predicted molar refractivity (Wildman–Crippen MR) is 95.3 cm³/mol. The molecule has 2 heterocycles. The molecule has 25 heavy (non-hydrogen) atoms. The lowest BCUT2D eigenvalue weighted by molar-refractivity contribution is -0.143. The van der Waals surface area contributed by atoms with Crippen LogP contribution < -0.4 is 10.6 Å². The highest BCUT2D eigenvalue weighted by atomic mass is 32.1. The second-order valence-electron chi connectivity index (χ2n) is 6.56. The minimum absolute atomic E-state index is 0.0135. The van der Waals surface area contributed by atoms with Gasteiger partial charge in [0.25, 0.3) is 0 Å². The Labute approximate surface area is 150 Å². The molecule has 1 aliphatic rings. The number of rotatable bonds is 6. The smallest absolute Gasteiger partial charge is 0.356 e. The first kappa shape index (κ1) is 20.0. The van der Waals surface area contributed by atoms with Crippen molar-refractivity contribution in [2.24, 2.45) is 4.99 Å². The molecule has 9 heteroatoms. The molecule has 1 aliphatic heterocycles. The third-order valence-electron chi connectivity index (χ3n) is 3.98. The molecular weight excluding hydrogens is 351 g/mol. The Balaban J connectivity index is 1.72. The van der Waals surface area contributed by atoms with Gasteiger partial charge in [-0.15, -0.1) is 11.3 Å². The van der Waals surface area contributed by atoms with Crippen molar-refractivity contribution < 1.29 is 13.2 Å². The minimum Gasteiger partial charge on any atom is -0.356 e. The van der Waals surface area contributed by atoms with E-state index >= 15 is 0 Å². The zero-order valence-corrected chi connectivity index (χ0v) is 15.7. The molecule has 1 saturated heterocycles. The van der Waals surface area contributed by atoms with E-state index in [2.05, 4.69) is 39.8 Å². The Morgan fingerprint density at radius 3 is 2.84 bits per heavy atom. The quantitative estimate of drug-likeness (QED) is 0.591. The number of aliphatic imine (C=N–C) groups is 1. The fourth-order valence-corrected chi connectivity index (χ4v) is 3.62. The second kappa shape index (κ2) is 8.84. The van der Waals surface area contributed by atoms with Crippen molar-refractivity contribution in [3.05, 3.63) is 16.1 Å². The molecule has 5 nitrogen and oxygen atoms in total. The van der Waals surface area contributed by atoms with Gasteiger partial charge < -0.3 is 10.6 Å². The maximum atomic E-state index is 12.4. The average molecular weight is 377 g/mol. The van der Waals surface area contributed by atoms with Gasteiger partial charge in [-0.25, -0.2) is 4.98 Å². The molecule has 0 saturated carbocycles. The molecule has 0 aromatic carbocycles. The summed E-state index contributed by atoms with van der Waals surface area (Å²) in [7, 11) is 1.66. The zero-order valence-electron chi connectivity index (χ0n) is 14.9. The van der Waals surface area contributed by atoms with Crippen molar-refractivity contribution in [2.75, 3.05) is 33.2 Å². The largest absolute Gasteiger partial charge is 0.401 e. The standard InChI is InChI=1S/C16H26F3N5S/c1-11(2)14-22-13(9-25-14)4-6-21-15(20-3)23-12-5-7-24(8-12)10-16(17,18)19/h9,11-12H,4-8,10H2,1-3H3,(H2,20,21,23). The Morgan fingerprint density at radius 1 is 1.48 bits per heavy atom. The van der Waals surface area contributed by atoms with Crippen molar-refractivity contribution >= 4 is 17.3 Å². The van der Waals surface area contributed by atoms with Gasteiger partial charge in [-0.05, 0) is 6.42 Å². The lowest BCUT2D eigenvalue weighted by Gasteiger charge is -2.19. The molecule has 0 amide bonds. The first-order valence-corrected chi connectivity index (χ1v) is 9.35. The SMILES string of the molecule is CN=C(NCCc1csc(C(C)C)n1)NC1CCN(CC(F)(F)F)C1. The van der Waals surface area contributed by atoms with Crippen LogP contribution in [0.5, 0.6) is 0 Å². The van der Waals surface area contributed by atoms with E-state index in [1.165, 1.54) is 4.90 Å². The fraction of sp³-hybridized carbons (Fsp3) is 0.750. The average Bonchev–Trinajstić information content (AvgIpc) is 3.14. The summed E-state index contributed by atoms with van der Waals surface area (Å²) < 4.78 is 37.3. The second-order valence-corrected chi connectivity index (χ2v) is 7.45. The Morgan fingerprint density at radius 2 is 2.24 bits per heavy atom. The van der Waals surface area contributed by atoms with Crippen molar-refractivity contribution in [1.82, 2.24) is 20.5 Å². The van der Waals surface area contributed by atoms with Crippen LogP contribution in [-0.4, -0.2) is 61.3 Å². The van der Waals surface area contributed by atoms with E-state index in [4.69, 9.17) is 0 Å². The minimum atomic E-state index is -4.14. The molecule has 1 unspecified atom stereocenters. The van der Waals surface area contributed by atoms with Gasteiger partial charge in [-0.3, -0.25) is 9.89 Å². The van der Waals surface area contributed by atoms with Gasteiger partial charge >= 0.3 is 6.18 Å². The highest BCUT2D eigenvalue weighted by Crippen LogP contribution is 2.20. The van der Waals surface area contributed by atoms with Crippen LogP contribution in [0.1, 0.15) is 36.9 Å². The summed E-state index contributed by atoms with van der Waals surface area (Å²) in [5.74, 6) is 1.06. The summed E-state index contributed by atoms with van der Waals surface area (Å²) in [6.45, 7) is 4.90. The summed E-state index contributed by atoms with van der Waals surface area (Å²) in [6.07, 6.45) is -2.67. The van der Waals surface area contributed by atoms with Crippen LogP contribution >= 0.6 is 11.3 Å². The summed E-state index contributed by atoms with van der Waals surface area (Å²) in [4.78, 5) is 10.2. The van der Waals surface area contributed by atoms with Crippen molar-refractivity contribution in [2.45, 2.75) is 44.8 Å². The van der Waals surface area contributed by atoms with Gasteiger partial charge in [-0.1, -0.05) is 13.8 Å². The van der Waals surface area contributed by atoms with Gasteiger partial charge in [0, 0.05) is 50.4 Å². The molecular formula is C16H26F3N5S. The molecule has 0 bridgehead atoms. The summed E-state index contributed by atoms with van der Waals surface area (Å²) in [5.41, 5.74) is 1.05. The molecule has 2 N–H and O–H groups in total. The van der Waals surface area contributed by atoms with E-state index in [9.17, 15) is 13.2 Å². The molecule has 1 aromatic heterocycles. The van der Waals surface area contributed by atoms with E-state index in [1.54, 1.807) is 18.4 Å². The third kappa shape index (κ3) is 6.81. The van der Waals surface area contributed by atoms with Gasteiger partial charge in [0.15, 0.2) is 5.96 Å². The fourth-order valence-electron chi connectivity index (χ4n) is 2.75. The molecule has 1 aromatic rings. The number of nitrogens with one attached hydrogen (secondary N) is 2. The number of alkyl halides is 3. The topological polar surface area (TPSA) is 52.6 Å². The molecule has 2 rings (SSSR count). The zero-order chi connectivity index (χ0) is 18.4. The summed E-state index contributed by atoms with van der Waals surface area (Å²) >= 11 is 1.67. The number of halogens is 3. The van der Waals surface area contributed by atoms with Gasteiger partial charge in [-0.2, -0.15) is 13.2 Å². The van der Waals surface area contributed by atoms with E-state index in [1.807, 2.05) is 0 Å². The number of hydrogen-bond donors (Lipinski definition) is 2. The van der Waals surface area contributed by atoms with Crippen LogP contribution in [0, 0.1) is 0 Å². The third-order valence-corrected chi connectivity index (χ3v) is 5.17. The number of hydrogen-bond acceptors (Lipinski definition) is 4. The predicted octanol–water partition coefficient (Wildman–Crippen LogP) is 2.61. The van der Waals surface area contributed by atoms with Gasteiger partial charge in [0.05, 0.1) is 17.2 Å². The van der Waals surface area contributed by atoms with Gasteiger partial charge in [0.1, 0.15) is 0 Å². The van der Waals surface area contributed by atoms with Gasteiger partial charge in [0.2, 0.25) is 0 Å². The Hall–Kier alpha value is -1.35. The normalized spacial score (nSPS) is 19.6. The molecule has 1 atom stereocenters. The number of nitrogens with zero attached hydrogens (tertiary/aromatic N) is 3.